The van der Waals surface area contributed by atoms with Gasteiger partial charge < -0.3 is 20.5 Å². The molecule has 1 saturated carbocycles. The maximum absolute atomic E-state index is 11.6. The van der Waals surface area contributed by atoms with Crippen molar-refractivity contribution in [2.45, 2.75) is 45.1 Å². The van der Waals surface area contributed by atoms with Crippen LogP contribution in [0.1, 0.15) is 39.5 Å². The minimum Gasteiger partial charge on any atom is -0.481 e. The van der Waals surface area contributed by atoms with E-state index in [4.69, 9.17) is 9.84 Å². The van der Waals surface area contributed by atoms with Crippen molar-refractivity contribution in [3.05, 3.63) is 0 Å². The third-order valence-corrected chi connectivity index (χ3v) is 3.97. The number of carbonyl (C=O) groups excluding carboxylic acids is 1. The SMILES string of the molecule is COC(C)(C)CNC(=O)NCC1CCC(C(=O)O)CC1. The zero-order valence-corrected chi connectivity index (χ0v) is 12.6. The number of nitrogens with one attached hydrogen (secondary N) is 2. The highest BCUT2D eigenvalue weighted by molar-refractivity contribution is 5.73. The average molecular weight is 286 g/mol. The minimum absolute atomic E-state index is 0.199. The Labute approximate surface area is 120 Å². The van der Waals surface area contributed by atoms with Crippen molar-refractivity contribution in [3.63, 3.8) is 0 Å². The summed E-state index contributed by atoms with van der Waals surface area (Å²) >= 11 is 0. The second-order valence-electron chi connectivity index (χ2n) is 6.08. The molecule has 0 radical (unpaired) electrons. The first-order valence-corrected chi connectivity index (χ1v) is 7.13. The van der Waals surface area contributed by atoms with Gasteiger partial charge in [0.2, 0.25) is 0 Å². The predicted molar refractivity (Wildman–Crippen MR) is 75.6 cm³/mol. The van der Waals surface area contributed by atoms with E-state index in [9.17, 15) is 9.59 Å². The standard InChI is InChI=1S/C14H26N2O4/c1-14(2,20-3)9-16-13(19)15-8-10-4-6-11(7-5-10)12(17)18/h10-11H,4-9H2,1-3H3,(H,17,18)(H2,15,16,19). The number of carboxylic acid groups (broad SMARTS) is 1. The molecule has 0 aromatic carbocycles. The van der Waals surface area contributed by atoms with Crippen LogP contribution in [0.2, 0.25) is 0 Å². The summed E-state index contributed by atoms with van der Waals surface area (Å²) in [6.45, 7) is 4.85. The molecule has 0 atom stereocenters. The normalized spacial score (nSPS) is 23.1. The minimum atomic E-state index is -0.698. The number of urea groups is 1. The summed E-state index contributed by atoms with van der Waals surface area (Å²) in [6, 6.07) is -0.199. The van der Waals surface area contributed by atoms with E-state index in [0.29, 0.717) is 31.8 Å². The molecule has 0 saturated heterocycles. The zero-order chi connectivity index (χ0) is 15.2. The molecule has 0 heterocycles. The lowest BCUT2D eigenvalue weighted by Crippen LogP contribution is -2.45. The molecule has 0 bridgehead atoms. The number of ether oxygens (including phenoxy) is 1. The molecule has 0 aliphatic heterocycles. The summed E-state index contributed by atoms with van der Waals surface area (Å²) in [4.78, 5) is 22.5. The Morgan fingerprint density at radius 3 is 2.30 bits per heavy atom. The van der Waals surface area contributed by atoms with Crippen molar-refractivity contribution < 1.29 is 19.4 Å². The summed E-state index contributed by atoms with van der Waals surface area (Å²) in [5.74, 6) is -0.523. The monoisotopic (exact) mass is 286 g/mol. The van der Waals surface area contributed by atoms with E-state index >= 15 is 0 Å². The lowest BCUT2D eigenvalue weighted by Gasteiger charge is -2.27. The molecule has 1 rings (SSSR count). The number of carbonyl (C=O) groups is 2. The number of amides is 2. The van der Waals surface area contributed by atoms with Gasteiger partial charge >= 0.3 is 12.0 Å². The molecule has 3 N–H and O–H groups in total. The molecular formula is C14H26N2O4. The van der Waals surface area contributed by atoms with Crippen LogP contribution in [0.5, 0.6) is 0 Å². The number of aliphatic carboxylic acids is 1. The highest BCUT2D eigenvalue weighted by atomic mass is 16.5. The van der Waals surface area contributed by atoms with Gasteiger partial charge in [0.15, 0.2) is 0 Å². The first kappa shape index (κ1) is 16.8. The summed E-state index contributed by atoms with van der Waals surface area (Å²) in [6.07, 6.45) is 3.14. The maximum atomic E-state index is 11.6. The molecule has 20 heavy (non-hydrogen) atoms. The lowest BCUT2D eigenvalue weighted by molar-refractivity contribution is -0.143. The first-order valence-electron chi connectivity index (χ1n) is 7.13. The van der Waals surface area contributed by atoms with E-state index in [1.54, 1.807) is 7.11 Å². The Kier molecular flexibility index (Phi) is 6.26. The molecule has 6 nitrogen and oxygen atoms in total. The van der Waals surface area contributed by atoms with Crippen LogP contribution in [-0.2, 0) is 9.53 Å². The van der Waals surface area contributed by atoms with Crippen LogP contribution in [0.3, 0.4) is 0 Å². The van der Waals surface area contributed by atoms with Gasteiger partial charge in [-0.1, -0.05) is 0 Å². The van der Waals surface area contributed by atoms with E-state index in [1.807, 2.05) is 13.8 Å². The Balaban J connectivity index is 2.18. The van der Waals surface area contributed by atoms with E-state index in [1.165, 1.54) is 0 Å². The molecule has 1 fully saturated rings. The summed E-state index contributed by atoms with van der Waals surface area (Å²) in [5.41, 5.74) is -0.378. The van der Waals surface area contributed by atoms with Gasteiger partial charge in [0.25, 0.3) is 0 Å². The number of methoxy groups -OCH3 is 1. The van der Waals surface area contributed by atoms with Gasteiger partial charge in [0, 0.05) is 20.2 Å². The van der Waals surface area contributed by atoms with Gasteiger partial charge in [-0.2, -0.15) is 0 Å². The van der Waals surface area contributed by atoms with E-state index in [2.05, 4.69) is 10.6 Å². The third kappa shape index (κ3) is 5.77. The van der Waals surface area contributed by atoms with Crippen molar-refractivity contribution in [1.29, 1.82) is 0 Å². The summed E-state index contributed by atoms with van der Waals surface area (Å²) in [7, 11) is 1.61. The highest BCUT2D eigenvalue weighted by Crippen LogP contribution is 2.28. The van der Waals surface area contributed by atoms with Crippen LogP contribution < -0.4 is 10.6 Å². The molecule has 1 aliphatic carbocycles. The highest BCUT2D eigenvalue weighted by Gasteiger charge is 2.26. The van der Waals surface area contributed by atoms with Gasteiger partial charge in [-0.15, -0.1) is 0 Å². The largest absolute Gasteiger partial charge is 0.481 e. The number of hydrogen-bond donors (Lipinski definition) is 3. The van der Waals surface area contributed by atoms with E-state index in [-0.39, 0.29) is 17.6 Å². The van der Waals surface area contributed by atoms with E-state index < -0.39 is 5.97 Å². The topological polar surface area (TPSA) is 87.7 Å². The molecule has 0 aromatic heterocycles. The van der Waals surface area contributed by atoms with Crippen LogP contribution in [0.15, 0.2) is 0 Å². The molecule has 0 spiro atoms. The van der Waals surface area contributed by atoms with Gasteiger partial charge in [-0.3, -0.25) is 4.79 Å². The molecular weight excluding hydrogens is 260 g/mol. The summed E-state index contributed by atoms with van der Waals surface area (Å²) in [5, 5.41) is 14.5. The quantitative estimate of drug-likeness (QED) is 0.692. The molecule has 2 amide bonds. The van der Waals surface area contributed by atoms with Crippen LogP contribution in [0, 0.1) is 11.8 Å². The Bertz CT molecular complexity index is 336. The molecule has 6 heteroatoms. The van der Waals surface area contributed by atoms with Crippen molar-refractivity contribution in [2.24, 2.45) is 11.8 Å². The molecule has 0 aromatic rings. The van der Waals surface area contributed by atoms with Crippen molar-refractivity contribution in [2.75, 3.05) is 20.2 Å². The van der Waals surface area contributed by atoms with E-state index in [0.717, 1.165) is 12.8 Å². The second kappa shape index (κ2) is 7.47. The first-order chi connectivity index (χ1) is 9.34. The Morgan fingerprint density at radius 1 is 1.20 bits per heavy atom. The predicted octanol–water partition coefficient (Wildman–Crippen LogP) is 1.60. The van der Waals surface area contributed by atoms with Crippen LogP contribution in [0.25, 0.3) is 0 Å². The fraction of sp³-hybridized carbons (Fsp3) is 0.857. The molecule has 1 aliphatic rings. The molecule has 0 unspecified atom stereocenters. The Morgan fingerprint density at radius 2 is 1.80 bits per heavy atom. The lowest BCUT2D eigenvalue weighted by atomic mass is 9.82. The zero-order valence-electron chi connectivity index (χ0n) is 12.6. The molecule has 116 valence electrons. The van der Waals surface area contributed by atoms with Gasteiger partial charge in [-0.05, 0) is 45.4 Å². The smallest absolute Gasteiger partial charge is 0.314 e. The van der Waals surface area contributed by atoms with Crippen molar-refractivity contribution in [1.82, 2.24) is 10.6 Å². The van der Waals surface area contributed by atoms with Gasteiger partial charge in [0.05, 0.1) is 11.5 Å². The second-order valence-corrected chi connectivity index (χ2v) is 6.08. The fourth-order valence-electron chi connectivity index (χ4n) is 2.28. The number of rotatable bonds is 6. The maximum Gasteiger partial charge on any atom is 0.314 e. The number of carboxylic acids is 1. The van der Waals surface area contributed by atoms with Gasteiger partial charge in [0.1, 0.15) is 0 Å². The fourth-order valence-corrected chi connectivity index (χ4v) is 2.28. The van der Waals surface area contributed by atoms with Crippen molar-refractivity contribution >= 4 is 12.0 Å². The van der Waals surface area contributed by atoms with Crippen molar-refractivity contribution in [3.8, 4) is 0 Å². The Hall–Kier alpha value is -1.30. The van der Waals surface area contributed by atoms with Gasteiger partial charge in [-0.25, -0.2) is 4.79 Å². The average Bonchev–Trinajstić information content (AvgIpc) is 2.43. The van der Waals surface area contributed by atoms with Crippen LogP contribution in [-0.4, -0.2) is 42.9 Å². The third-order valence-electron chi connectivity index (χ3n) is 3.97. The summed E-state index contributed by atoms with van der Waals surface area (Å²) < 4.78 is 5.22. The van der Waals surface area contributed by atoms with Crippen LogP contribution >= 0.6 is 0 Å². The number of hydrogen-bond acceptors (Lipinski definition) is 3. The van der Waals surface area contributed by atoms with Crippen LogP contribution in [0.4, 0.5) is 4.79 Å².